The van der Waals surface area contributed by atoms with E-state index < -0.39 is 0 Å². The van der Waals surface area contributed by atoms with Gasteiger partial charge in [0.1, 0.15) is 11.5 Å². The summed E-state index contributed by atoms with van der Waals surface area (Å²) in [6.07, 6.45) is 5.41. The van der Waals surface area contributed by atoms with Crippen LogP contribution in [0.15, 0.2) is 61.1 Å². The van der Waals surface area contributed by atoms with Crippen molar-refractivity contribution in [2.45, 2.75) is 0 Å². The third-order valence-corrected chi connectivity index (χ3v) is 2.98. The van der Waals surface area contributed by atoms with Gasteiger partial charge in [0, 0.05) is 11.8 Å². The largest absolute Gasteiger partial charge is 0.382 e. The molecule has 0 aliphatic heterocycles. The highest BCUT2D eigenvalue weighted by Gasteiger charge is 2.04. The molecule has 2 heterocycles. The average molecular weight is 263 g/mol. The number of nitrogens with zero attached hydrogens (tertiary/aromatic N) is 3. The molecule has 0 saturated heterocycles. The number of nitrogen functional groups attached to an aromatic ring is 1. The molecule has 0 fully saturated rings. The summed E-state index contributed by atoms with van der Waals surface area (Å²) >= 11 is 0. The lowest BCUT2D eigenvalue weighted by Crippen LogP contribution is -2.13. The highest BCUT2D eigenvalue weighted by Crippen LogP contribution is 2.19. The van der Waals surface area contributed by atoms with Crippen LogP contribution in [0.2, 0.25) is 0 Å². The standard InChI is InChI=1S/C15H13N5/c16-15(17)14-7-6-13(9-18-14)20-10-12(8-19-20)11-4-2-1-3-5-11/h1-10H,(H3,16,17). The second kappa shape index (κ2) is 4.97. The Hall–Kier alpha value is -2.95. The van der Waals surface area contributed by atoms with E-state index in [1.165, 1.54) is 0 Å². The second-order valence-electron chi connectivity index (χ2n) is 4.35. The van der Waals surface area contributed by atoms with Crippen molar-refractivity contribution in [1.82, 2.24) is 14.8 Å². The lowest BCUT2D eigenvalue weighted by atomic mass is 10.1. The minimum atomic E-state index is -0.0398. The first-order valence-electron chi connectivity index (χ1n) is 6.15. The van der Waals surface area contributed by atoms with Crippen LogP contribution in [0.5, 0.6) is 0 Å². The van der Waals surface area contributed by atoms with Crippen molar-refractivity contribution in [3.05, 3.63) is 66.7 Å². The number of rotatable bonds is 3. The fourth-order valence-corrected chi connectivity index (χ4v) is 1.92. The first-order chi connectivity index (χ1) is 9.74. The minimum absolute atomic E-state index is 0.0398. The molecule has 2 aromatic heterocycles. The van der Waals surface area contributed by atoms with E-state index in [0.29, 0.717) is 5.69 Å². The van der Waals surface area contributed by atoms with E-state index in [1.54, 1.807) is 16.9 Å². The monoisotopic (exact) mass is 263 g/mol. The molecule has 0 atom stereocenters. The van der Waals surface area contributed by atoms with Gasteiger partial charge in [-0.3, -0.25) is 10.4 Å². The topological polar surface area (TPSA) is 80.6 Å². The molecule has 0 aliphatic carbocycles. The van der Waals surface area contributed by atoms with Crippen molar-refractivity contribution >= 4 is 5.84 Å². The zero-order valence-electron chi connectivity index (χ0n) is 10.7. The highest BCUT2D eigenvalue weighted by molar-refractivity contribution is 5.93. The van der Waals surface area contributed by atoms with E-state index in [9.17, 15) is 0 Å². The number of pyridine rings is 1. The van der Waals surface area contributed by atoms with Gasteiger partial charge >= 0.3 is 0 Å². The van der Waals surface area contributed by atoms with E-state index in [1.807, 2.05) is 48.8 Å². The van der Waals surface area contributed by atoms with Crippen LogP contribution in [-0.2, 0) is 0 Å². The molecule has 0 spiro atoms. The van der Waals surface area contributed by atoms with Crippen molar-refractivity contribution in [3.63, 3.8) is 0 Å². The first kappa shape index (κ1) is 12.1. The van der Waals surface area contributed by atoms with Crippen LogP contribution in [0.25, 0.3) is 16.8 Å². The van der Waals surface area contributed by atoms with Gasteiger partial charge < -0.3 is 5.73 Å². The Labute approximate surface area is 116 Å². The van der Waals surface area contributed by atoms with Gasteiger partial charge in [-0.1, -0.05) is 30.3 Å². The first-order valence-corrected chi connectivity index (χ1v) is 6.15. The molecule has 0 amide bonds. The number of aromatic nitrogens is 3. The zero-order chi connectivity index (χ0) is 13.9. The van der Waals surface area contributed by atoms with Gasteiger partial charge in [-0.15, -0.1) is 0 Å². The van der Waals surface area contributed by atoms with Crippen molar-refractivity contribution in [2.75, 3.05) is 0 Å². The van der Waals surface area contributed by atoms with Gasteiger partial charge in [0.25, 0.3) is 0 Å². The van der Waals surface area contributed by atoms with Crippen molar-refractivity contribution in [1.29, 1.82) is 5.41 Å². The summed E-state index contributed by atoms with van der Waals surface area (Å²) in [4.78, 5) is 4.13. The smallest absolute Gasteiger partial charge is 0.141 e. The van der Waals surface area contributed by atoms with Crippen molar-refractivity contribution < 1.29 is 0 Å². The molecule has 0 aliphatic rings. The van der Waals surface area contributed by atoms with Gasteiger partial charge in [0.2, 0.25) is 0 Å². The Morgan fingerprint density at radius 1 is 1.00 bits per heavy atom. The summed E-state index contributed by atoms with van der Waals surface area (Å²) in [7, 11) is 0. The fraction of sp³-hybridized carbons (Fsp3) is 0. The van der Waals surface area contributed by atoms with Gasteiger partial charge in [-0.05, 0) is 17.7 Å². The maximum Gasteiger partial charge on any atom is 0.141 e. The zero-order valence-corrected chi connectivity index (χ0v) is 10.7. The maximum atomic E-state index is 7.32. The molecule has 98 valence electrons. The van der Waals surface area contributed by atoms with Crippen LogP contribution < -0.4 is 5.73 Å². The number of amidine groups is 1. The summed E-state index contributed by atoms with van der Waals surface area (Å²) in [5, 5.41) is 11.6. The SMILES string of the molecule is N=C(N)c1ccc(-n2cc(-c3ccccc3)cn2)cn1. The summed E-state index contributed by atoms with van der Waals surface area (Å²) in [6.45, 7) is 0. The van der Waals surface area contributed by atoms with E-state index in [-0.39, 0.29) is 5.84 Å². The quantitative estimate of drug-likeness (QED) is 0.561. The van der Waals surface area contributed by atoms with Gasteiger partial charge in [-0.25, -0.2) is 4.68 Å². The van der Waals surface area contributed by atoms with Gasteiger partial charge in [-0.2, -0.15) is 5.10 Å². The molecule has 0 bridgehead atoms. The van der Waals surface area contributed by atoms with Crippen LogP contribution in [-0.4, -0.2) is 20.6 Å². The second-order valence-corrected chi connectivity index (χ2v) is 4.35. The molecule has 0 radical (unpaired) electrons. The van der Waals surface area contributed by atoms with Crippen LogP contribution in [0, 0.1) is 5.41 Å². The number of hydrogen-bond donors (Lipinski definition) is 2. The molecule has 0 unspecified atom stereocenters. The highest BCUT2D eigenvalue weighted by atomic mass is 15.3. The van der Waals surface area contributed by atoms with Crippen LogP contribution in [0.4, 0.5) is 0 Å². The van der Waals surface area contributed by atoms with Crippen LogP contribution in [0.3, 0.4) is 0 Å². The maximum absolute atomic E-state index is 7.32. The fourth-order valence-electron chi connectivity index (χ4n) is 1.92. The molecule has 0 saturated carbocycles. The Bertz CT molecular complexity index is 728. The normalized spacial score (nSPS) is 10.4. The van der Waals surface area contributed by atoms with Crippen LogP contribution >= 0.6 is 0 Å². The van der Waals surface area contributed by atoms with Gasteiger partial charge in [0.05, 0.1) is 18.1 Å². The third-order valence-electron chi connectivity index (χ3n) is 2.98. The molecule has 3 N–H and O–H groups in total. The van der Waals surface area contributed by atoms with Gasteiger partial charge in [0.15, 0.2) is 0 Å². The molecule has 3 rings (SSSR count). The minimum Gasteiger partial charge on any atom is -0.382 e. The molecule has 20 heavy (non-hydrogen) atoms. The lowest BCUT2D eigenvalue weighted by molar-refractivity contribution is 0.873. The number of nitrogens with one attached hydrogen (secondary N) is 1. The molecular formula is C15H13N5. The summed E-state index contributed by atoms with van der Waals surface area (Å²) in [6, 6.07) is 13.6. The van der Waals surface area contributed by atoms with E-state index >= 15 is 0 Å². The number of benzene rings is 1. The Morgan fingerprint density at radius 2 is 1.80 bits per heavy atom. The van der Waals surface area contributed by atoms with E-state index in [4.69, 9.17) is 11.1 Å². The molecule has 3 aromatic rings. The van der Waals surface area contributed by atoms with E-state index in [2.05, 4.69) is 10.1 Å². The molecular weight excluding hydrogens is 250 g/mol. The molecule has 5 nitrogen and oxygen atoms in total. The Balaban J connectivity index is 1.92. The van der Waals surface area contributed by atoms with Crippen molar-refractivity contribution in [3.8, 4) is 16.8 Å². The summed E-state index contributed by atoms with van der Waals surface area (Å²) in [5.74, 6) is -0.0398. The lowest BCUT2D eigenvalue weighted by Gasteiger charge is -2.02. The summed E-state index contributed by atoms with van der Waals surface area (Å²) < 4.78 is 1.75. The van der Waals surface area contributed by atoms with E-state index in [0.717, 1.165) is 16.8 Å². The third kappa shape index (κ3) is 2.29. The molecule has 5 heteroatoms. The number of hydrogen-bond acceptors (Lipinski definition) is 3. The Morgan fingerprint density at radius 3 is 2.45 bits per heavy atom. The predicted octanol–water partition coefficient (Wildman–Crippen LogP) is 2.22. The van der Waals surface area contributed by atoms with Crippen molar-refractivity contribution in [2.24, 2.45) is 5.73 Å². The Kier molecular flexibility index (Phi) is 3.01. The average Bonchev–Trinajstić information content (AvgIpc) is 2.98. The number of nitrogens with two attached hydrogens (primary N) is 1. The summed E-state index contributed by atoms with van der Waals surface area (Å²) in [5.41, 5.74) is 8.83. The van der Waals surface area contributed by atoms with Crippen LogP contribution in [0.1, 0.15) is 5.69 Å². The predicted molar refractivity (Wildman–Crippen MR) is 77.8 cm³/mol. The molecule has 1 aromatic carbocycles.